The van der Waals surface area contributed by atoms with Gasteiger partial charge in [-0.25, -0.2) is 13.1 Å². The molecule has 0 saturated heterocycles. The van der Waals surface area contributed by atoms with E-state index in [0.29, 0.717) is 5.75 Å². The second-order valence-electron chi connectivity index (χ2n) is 7.03. The highest BCUT2D eigenvalue weighted by Crippen LogP contribution is 2.25. The Bertz CT molecular complexity index is 1140. The summed E-state index contributed by atoms with van der Waals surface area (Å²) in [7, 11) is -3.65. The lowest BCUT2D eigenvalue weighted by Gasteiger charge is -2.13. The van der Waals surface area contributed by atoms with Crippen molar-refractivity contribution in [3.8, 4) is 5.75 Å². The Morgan fingerprint density at radius 3 is 2.19 bits per heavy atom. The predicted octanol–water partition coefficient (Wildman–Crippen LogP) is 4.56. The number of amides is 1. The number of sulfonamides is 1. The zero-order valence-corrected chi connectivity index (χ0v) is 19.6. The van der Waals surface area contributed by atoms with Crippen LogP contribution >= 0.6 is 15.9 Å². The molecule has 3 rings (SSSR count). The lowest BCUT2D eigenvalue weighted by Crippen LogP contribution is -2.23. The second-order valence-corrected chi connectivity index (χ2v) is 9.72. The third-order valence-electron chi connectivity index (χ3n) is 4.57. The molecule has 0 radical (unpaired) electrons. The van der Waals surface area contributed by atoms with Crippen LogP contribution in [-0.4, -0.2) is 20.9 Å². The van der Waals surface area contributed by atoms with Gasteiger partial charge in [0.25, 0.3) is 5.91 Å². The van der Waals surface area contributed by atoms with Crippen molar-refractivity contribution in [2.24, 2.45) is 0 Å². The van der Waals surface area contributed by atoms with E-state index in [1.807, 2.05) is 56.3 Å². The summed E-state index contributed by atoms with van der Waals surface area (Å²) in [5.41, 5.74) is 3.51. The first-order valence-corrected chi connectivity index (χ1v) is 11.9. The molecule has 0 aliphatic rings. The molecule has 0 atom stereocenters. The van der Waals surface area contributed by atoms with Gasteiger partial charge in [0.15, 0.2) is 6.61 Å². The summed E-state index contributed by atoms with van der Waals surface area (Å²) < 4.78 is 33.9. The Morgan fingerprint density at radius 2 is 1.58 bits per heavy atom. The fourth-order valence-corrected chi connectivity index (χ4v) is 4.71. The number of aryl methyl sites for hydroxylation is 2. The molecule has 0 bridgehead atoms. The first-order chi connectivity index (χ1) is 14.7. The summed E-state index contributed by atoms with van der Waals surface area (Å²) in [5, 5.41) is 2.85. The van der Waals surface area contributed by atoms with Crippen molar-refractivity contribution in [1.82, 2.24) is 4.72 Å². The topological polar surface area (TPSA) is 84.5 Å². The molecular weight excluding hydrogens is 480 g/mol. The van der Waals surface area contributed by atoms with Gasteiger partial charge in [0.1, 0.15) is 5.75 Å². The fourth-order valence-electron chi connectivity index (χ4n) is 3.00. The van der Waals surface area contributed by atoms with E-state index in [1.165, 1.54) is 24.3 Å². The number of halogens is 1. The summed E-state index contributed by atoms with van der Waals surface area (Å²) in [6.45, 7) is 3.85. The Labute approximate surface area is 190 Å². The van der Waals surface area contributed by atoms with Crippen molar-refractivity contribution in [3.63, 3.8) is 0 Å². The average Bonchev–Trinajstić information content (AvgIpc) is 2.74. The molecule has 0 fully saturated rings. The van der Waals surface area contributed by atoms with Crippen LogP contribution in [0, 0.1) is 13.8 Å². The summed E-state index contributed by atoms with van der Waals surface area (Å²) in [4.78, 5) is 12.4. The molecule has 0 aromatic heterocycles. The van der Waals surface area contributed by atoms with E-state index in [4.69, 9.17) is 4.74 Å². The van der Waals surface area contributed by atoms with E-state index in [-0.39, 0.29) is 24.0 Å². The normalized spacial score (nSPS) is 11.2. The number of hydrogen-bond donors (Lipinski definition) is 2. The summed E-state index contributed by atoms with van der Waals surface area (Å²) in [6.07, 6.45) is 0. The number of carbonyl (C=O) groups excluding carboxylic acids is 1. The molecule has 0 aliphatic heterocycles. The monoisotopic (exact) mass is 502 g/mol. The third kappa shape index (κ3) is 6.40. The first kappa shape index (κ1) is 23.0. The molecule has 162 valence electrons. The third-order valence-corrected chi connectivity index (χ3v) is 6.45. The molecule has 31 heavy (non-hydrogen) atoms. The molecule has 0 heterocycles. The fraction of sp³-hybridized carbons (Fsp3) is 0.174. The van der Waals surface area contributed by atoms with Crippen LogP contribution in [0.1, 0.15) is 16.7 Å². The lowest BCUT2D eigenvalue weighted by molar-refractivity contribution is -0.118. The Hall–Kier alpha value is -2.68. The molecule has 0 saturated carbocycles. The maximum absolute atomic E-state index is 12.5. The molecular formula is C23H23BrN2O4S. The SMILES string of the molecule is Cc1cc(Br)cc(C)c1NC(=O)COc1ccc(S(=O)(=O)NCc2ccccc2)cc1. The van der Waals surface area contributed by atoms with Crippen LogP contribution in [0.2, 0.25) is 0 Å². The maximum Gasteiger partial charge on any atom is 0.262 e. The molecule has 6 nitrogen and oxygen atoms in total. The summed E-state index contributed by atoms with van der Waals surface area (Å²) in [5.74, 6) is 0.108. The summed E-state index contributed by atoms with van der Waals surface area (Å²) >= 11 is 3.43. The van der Waals surface area contributed by atoms with Crippen LogP contribution in [0.15, 0.2) is 76.1 Å². The van der Waals surface area contributed by atoms with Crippen LogP contribution in [0.3, 0.4) is 0 Å². The molecule has 3 aromatic rings. The van der Waals surface area contributed by atoms with Gasteiger partial charge in [-0.2, -0.15) is 0 Å². The number of anilines is 1. The van der Waals surface area contributed by atoms with E-state index < -0.39 is 10.0 Å². The molecule has 2 N–H and O–H groups in total. The van der Waals surface area contributed by atoms with Crippen molar-refractivity contribution in [3.05, 3.63) is 87.9 Å². The number of hydrogen-bond acceptors (Lipinski definition) is 4. The first-order valence-electron chi connectivity index (χ1n) is 9.57. The molecule has 0 unspecified atom stereocenters. The summed E-state index contributed by atoms with van der Waals surface area (Å²) in [6, 6.07) is 19.1. The molecule has 1 amide bonds. The quantitative estimate of drug-likeness (QED) is 0.472. The molecule has 0 aliphatic carbocycles. The van der Waals surface area contributed by atoms with Crippen LogP contribution in [0.4, 0.5) is 5.69 Å². The van der Waals surface area contributed by atoms with Crippen molar-refractivity contribution in [2.45, 2.75) is 25.3 Å². The van der Waals surface area contributed by atoms with Crippen LogP contribution in [0.5, 0.6) is 5.75 Å². The van der Waals surface area contributed by atoms with Gasteiger partial charge in [-0.1, -0.05) is 46.3 Å². The van der Waals surface area contributed by atoms with Crippen molar-refractivity contribution in [1.29, 1.82) is 0 Å². The minimum absolute atomic E-state index is 0.126. The smallest absolute Gasteiger partial charge is 0.262 e. The number of ether oxygens (including phenoxy) is 1. The highest BCUT2D eigenvalue weighted by atomic mass is 79.9. The zero-order valence-electron chi connectivity index (χ0n) is 17.2. The van der Waals surface area contributed by atoms with E-state index in [9.17, 15) is 13.2 Å². The Kier molecular flexibility index (Phi) is 7.48. The van der Waals surface area contributed by atoms with E-state index >= 15 is 0 Å². The number of nitrogens with one attached hydrogen (secondary N) is 2. The van der Waals surface area contributed by atoms with Gasteiger partial charge in [0.2, 0.25) is 10.0 Å². The zero-order chi connectivity index (χ0) is 22.4. The highest BCUT2D eigenvalue weighted by molar-refractivity contribution is 9.10. The van der Waals surface area contributed by atoms with Crippen LogP contribution in [0.25, 0.3) is 0 Å². The molecule has 0 spiro atoms. The van der Waals surface area contributed by atoms with Crippen molar-refractivity contribution >= 4 is 37.5 Å². The van der Waals surface area contributed by atoms with Crippen molar-refractivity contribution in [2.75, 3.05) is 11.9 Å². The van der Waals surface area contributed by atoms with Gasteiger partial charge in [-0.15, -0.1) is 0 Å². The van der Waals surface area contributed by atoms with E-state index in [0.717, 1.165) is 26.9 Å². The minimum atomic E-state index is -3.65. The molecule has 3 aromatic carbocycles. The van der Waals surface area contributed by atoms with Gasteiger partial charge < -0.3 is 10.1 Å². The standard InChI is InChI=1S/C23H23BrN2O4S/c1-16-12-19(24)13-17(2)23(16)26-22(27)15-30-20-8-10-21(11-9-20)31(28,29)25-14-18-6-4-3-5-7-18/h3-13,25H,14-15H2,1-2H3,(H,26,27). The second kappa shape index (κ2) is 10.1. The van der Waals surface area contributed by atoms with Gasteiger partial charge in [0.05, 0.1) is 4.90 Å². The number of rotatable bonds is 8. The average molecular weight is 503 g/mol. The van der Waals surface area contributed by atoms with Gasteiger partial charge >= 0.3 is 0 Å². The predicted molar refractivity (Wildman–Crippen MR) is 125 cm³/mol. The highest BCUT2D eigenvalue weighted by Gasteiger charge is 2.14. The maximum atomic E-state index is 12.5. The van der Waals surface area contributed by atoms with E-state index in [1.54, 1.807) is 0 Å². The number of benzene rings is 3. The van der Waals surface area contributed by atoms with E-state index in [2.05, 4.69) is 26.0 Å². The van der Waals surface area contributed by atoms with Crippen LogP contribution in [-0.2, 0) is 21.4 Å². The lowest BCUT2D eigenvalue weighted by atomic mass is 10.1. The molecule has 8 heteroatoms. The van der Waals surface area contributed by atoms with Gasteiger partial charge in [0, 0.05) is 16.7 Å². The van der Waals surface area contributed by atoms with Gasteiger partial charge in [-0.05, 0) is 66.9 Å². The minimum Gasteiger partial charge on any atom is -0.484 e. The number of carbonyl (C=O) groups is 1. The largest absolute Gasteiger partial charge is 0.484 e. The van der Waals surface area contributed by atoms with Crippen LogP contribution < -0.4 is 14.8 Å². The van der Waals surface area contributed by atoms with Crippen molar-refractivity contribution < 1.29 is 17.9 Å². The Morgan fingerprint density at radius 1 is 0.968 bits per heavy atom. The Balaban J connectivity index is 1.56. The van der Waals surface area contributed by atoms with Gasteiger partial charge in [-0.3, -0.25) is 4.79 Å².